The van der Waals surface area contributed by atoms with E-state index >= 15 is 0 Å². The van der Waals surface area contributed by atoms with Crippen LogP contribution in [0.1, 0.15) is 29.4 Å². The van der Waals surface area contributed by atoms with E-state index in [1.54, 1.807) is 36.0 Å². The number of halogens is 2. The molecule has 8 nitrogen and oxygen atoms in total. The third-order valence-electron chi connectivity index (χ3n) is 5.88. The van der Waals surface area contributed by atoms with Gasteiger partial charge in [-0.25, -0.2) is 9.37 Å². The molecule has 33 heavy (non-hydrogen) atoms. The van der Waals surface area contributed by atoms with Gasteiger partial charge in [0.15, 0.2) is 11.5 Å². The molecule has 1 unspecified atom stereocenters. The topological polar surface area (TPSA) is 87.5 Å². The molecule has 0 radical (unpaired) electrons. The molecule has 0 aliphatic carbocycles. The van der Waals surface area contributed by atoms with Crippen LogP contribution in [0.3, 0.4) is 0 Å². The molecule has 10 heteroatoms. The van der Waals surface area contributed by atoms with E-state index < -0.39 is 5.82 Å². The summed E-state index contributed by atoms with van der Waals surface area (Å²) in [7, 11) is 0. The van der Waals surface area contributed by atoms with Gasteiger partial charge in [-0.15, -0.1) is 17.5 Å². The summed E-state index contributed by atoms with van der Waals surface area (Å²) in [5, 5.41) is 15.5. The van der Waals surface area contributed by atoms with Crippen LogP contribution in [-0.2, 0) is 0 Å². The molecule has 4 heterocycles. The van der Waals surface area contributed by atoms with Crippen LogP contribution in [0.25, 0.3) is 16.6 Å². The van der Waals surface area contributed by atoms with Crippen molar-refractivity contribution in [1.29, 1.82) is 0 Å². The highest BCUT2D eigenvalue weighted by molar-refractivity contribution is 6.13. The van der Waals surface area contributed by atoms with Crippen LogP contribution in [0.15, 0.2) is 42.9 Å². The van der Waals surface area contributed by atoms with Crippen molar-refractivity contribution < 1.29 is 9.18 Å². The molecule has 1 atom stereocenters. The van der Waals surface area contributed by atoms with Crippen molar-refractivity contribution >= 4 is 46.2 Å². The maximum Gasteiger partial charge on any atom is 0.257 e. The first kappa shape index (κ1) is 22.9. The van der Waals surface area contributed by atoms with E-state index in [1.807, 2.05) is 12.1 Å². The van der Waals surface area contributed by atoms with Gasteiger partial charge in [-0.1, -0.05) is 6.92 Å². The Balaban J connectivity index is 0.00000259. The fourth-order valence-electron chi connectivity index (χ4n) is 4.29. The summed E-state index contributed by atoms with van der Waals surface area (Å²) in [6, 6.07) is 7.31. The van der Waals surface area contributed by atoms with Gasteiger partial charge in [-0.05, 0) is 31.5 Å². The molecular formula is C23H25ClFN7O. The molecule has 5 rings (SSSR count). The fraction of sp³-hybridized carbons (Fsp3) is 0.304. The number of piperazine rings is 1. The normalized spacial score (nSPS) is 16.1. The number of nitrogens with one attached hydrogen (secondary N) is 2. The molecule has 1 saturated heterocycles. The SMILES string of the molecule is CCC1CN(c2ccc(C(=O)Nc3cc(F)c4nc(C)cn4c3)c3nnccc23)CCN1.Cl. The molecule has 3 aromatic heterocycles. The van der Waals surface area contributed by atoms with Crippen molar-refractivity contribution in [1.82, 2.24) is 24.9 Å². The largest absolute Gasteiger partial charge is 0.368 e. The van der Waals surface area contributed by atoms with Crippen molar-refractivity contribution in [3.63, 3.8) is 0 Å². The molecule has 1 amide bonds. The Morgan fingerprint density at radius 3 is 2.97 bits per heavy atom. The third-order valence-corrected chi connectivity index (χ3v) is 5.88. The Labute approximate surface area is 196 Å². The standard InChI is InChI=1S/C23H24FN7O.ClH/c1-3-15-12-30(9-8-25-15)20-5-4-18(21-17(20)6-7-26-29-21)23(32)28-16-10-19(24)22-27-14(2)11-31(22)13-16;/h4-7,10-11,13,15,25H,3,8-9,12H2,1-2H3,(H,28,32);1H. The highest BCUT2D eigenvalue weighted by Crippen LogP contribution is 2.29. The molecule has 4 aromatic rings. The Morgan fingerprint density at radius 2 is 2.15 bits per heavy atom. The van der Waals surface area contributed by atoms with E-state index in [2.05, 4.69) is 37.6 Å². The molecule has 1 fully saturated rings. The second kappa shape index (κ2) is 9.29. The van der Waals surface area contributed by atoms with Crippen molar-refractivity contribution in [2.75, 3.05) is 29.9 Å². The number of rotatable bonds is 4. The van der Waals surface area contributed by atoms with Gasteiger partial charge in [0.05, 0.1) is 23.1 Å². The summed E-state index contributed by atoms with van der Waals surface area (Å²) >= 11 is 0. The molecule has 0 spiro atoms. The van der Waals surface area contributed by atoms with Gasteiger partial charge in [-0.3, -0.25) is 4.79 Å². The molecule has 0 bridgehead atoms. The number of amides is 1. The lowest BCUT2D eigenvalue weighted by atomic mass is 10.0. The lowest BCUT2D eigenvalue weighted by Gasteiger charge is -2.35. The van der Waals surface area contributed by atoms with Gasteiger partial charge in [0, 0.05) is 55.2 Å². The molecule has 172 valence electrons. The molecule has 1 aliphatic rings. The van der Waals surface area contributed by atoms with Gasteiger partial charge >= 0.3 is 0 Å². The van der Waals surface area contributed by atoms with E-state index in [1.165, 1.54) is 6.07 Å². The maximum atomic E-state index is 14.4. The summed E-state index contributed by atoms with van der Waals surface area (Å²) in [4.78, 5) is 19.6. The van der Waals surface area contributed by atoms with Gasteiger partial charge in [0.1, 0.15) is 5.52 Å². The number of aromatic nitrogens is 4. The van der Waals surface area contributed by atoms with Crippen LogP contribution in [-0.4, -0.2) is 51.2 Å². The van der Waals surface area contributed by atoms with Crippen molar-refractivity contribution in [2.24, 2.45) is 0 Å². The van der Waals surface area contributed by atoms with Crippen molar-refractivity contribution in [3.05, 3.63) is 59.9 Å². The van der Waals surface area contributed by atoms with Crippen LogP contribution in [0.2, 0.25) is 0 Å². The number of imidazole rings is 1. The number of hydrogen-bond donors (Lipinski definition) is 2. The zero-order chi connectivity index (χ0) is 22.2. The lowest BCUT2D eigenvalue weighted by molar-refractivity contribution is 0.102. The summed E-state index contributed by atoms with van der Waals surface area (Å²) in [6.07, 6.45) is 6.04. The highest BCUT2D eigenvalue weighted by Gasteiger charge is 2.22. The van der Waals surface area contributed by atoms with Crippen LogP contribution >= 0.6 is 12.4 Å². The Bertz CT molecular complexity index is 1330. The fourth-order valence-corrected chi connectivity index (χ4v) is 4.29. The zero-order valence-electron chi connectivity index (χ0n) is 18.4. The van der Waals surface area contributed by atoms with Gasteiger partial charge in [0.2, 0.25) is 0 Å². The highest BCUT2D eigenvalue weighted by atomic mass is 35.5. The number of nitrogens with zero attached hydrogens (tertiary/aromatic N) is 5. The smallest absolute Gasteiger partial charge is 0.257 e. The summed E-state index contributed by atoms with van der Waals surface area (Å²) in [5.74, 6) is -0.871. The number of carbonyl (C=O) groups excluding carboxylic acids is 1. The van der Waals surface area contributed by atoms with E-state index in [4.69, 9.17) is 0 Å². The Kier molecular flexibility index (Phi) is 6.44. The van der Waals surface area contributed by atoms with Crippen molar-refractivity contribution in [2.45, 2.75) is 26.3 Å². The predicted molar refractivity (Wildman–Crippen MR) is 129 cm³/mol. The molecule has 1 aliphatic heterocycles. The number of benzene rings is 1. The van der Waals surface area contributed by atoms with Crippen LogP contribution in [0.5, 0.6) is 0 Å². The Hall–Kier alpha value is -3.30. The molecular weight excluding hydrogens is 445 g/mol. The average Bonchev–Trinajstić information content (AvgIpc) is 3.19. The van der Waals surface area contributed by atoms with Gasteiger partial charge < -0.3 is 19.9 Å². The first-order valence-electron chi connectivity index (χ1n) is 10.7. The molecule has 0 saturated carbocycles. The maximum absolute atomic E-state index is 14.4. The van der Waals surface area contributed by atoms with Crippen LogP contribution in [0, 0.1) is 12.7 Å². The molecule has 2 N–H and O–H groups in total. The second-order valence-corrected chi connectivity index (χ2v) is 8.08. The van der Waals surface area contributed by atoms with E-state index in [9.17, 15) is 9.18 Å². The number of hydrogen-bond acceptors (Lipinski definition) is 6. The first-order valence-corrected chi connectivity index (χ1v) is 10.7. The summed E-state index contributed by atoms with van der Waals surface area (Å²) < 4.78 is 16.0. The Morgan fingerprint density at radius 1 is 1.30 bits per heavy atom. The van der Waals surface area contributed by atoms with E-state index in [-0.39, 0.29) is 24.0 Å². The van der Waals surface area contributed by atoms with Crippen LogP contribution < -0.4 is 15.5 Å². The number of carbonyl (C=O) groups is 1. The summed E-state index contributed by atoms with van der Waals surface area (Å²) in [6.45, 7) is 6.64. The quantitative estimate of drug-likeness (QED) is 0.475. The van der Waals surface area contributed by atoms with E-state index in [0.717, 1.165) is 37.1 Å². The average molecular weight is 470 g/mol. The third kappa shape index (κ3) is 4.34. The number of anilines is 2. The minimum Gasteiger partial charge on any atom is -0.368 e. The minimum absolute atomic E-state index is 0. The van der Waals surface area contributed by atoms with Crippen LogP contribution in [0.4, 0.5) is 15.8 Å². The number of fused-ring (bicyclic) bond motifs is 2. The monoisotopic (exact) mass is 469 g/mol. The molecule has 1 aromatic carbocycles. The second-order valence-electron chi connectivity index (χ2n) is 8.08. The lowest BCUT2D eigenvalue weighted by Crippen LogP contribution is -2.50. The first-order chi connectivity index (χ1) is 15.5. The zero-order valence-corrected chi connectivity index (χ0v) is 19.2. The number of pyridine rings is 1. The van der Waals surface area contributed by atoms with Crippen molar-refractivity contribution in [3.8, 4) is 0 Å². The predicted octanol–water partition coefficient (Wildman–Crippen LogP) is 3.59. The van der Waals surface area contributed by atoms with E-state index in [0.29, 0.717) is 28.5 Å². The van der Waals surface area contributed by atoms with Gasteiger partial charge in [-0.2, -0.15) is 5.10 Å². The van der Waals surface area contributed by atoms with Gasteiger partial charge in [0.25, 0.3) is 5.91 Å². The number of aryl methyl sites for hydroxylation is 1. The minimum atomic E-state index is -0.500. The summed E-state index contributed by atoms with van der Waals surface area (Å²) in [5.41, 5.74) is 3.21.